The fraction of sp³-hybridized carbons (Fsp3) is 0.375. The van der Waals surface area contributed by atoms with Gasteiger partial charge in [0.25, 0.3) is 0 Å². The number of allylic oxidation sites excluding steroid dienone is 1. The van der Waals surface area contributed by atoms with Crippen LogP contribution in [0.25, 0.3) is 11.1 Å². The number of nitrogens with zero attached hydrogens (tertiary/aromatic N) is 1. The van der Waals surface area contributed by atoms with E-state index in [0.717, 1.165) is 51.7 Å². The van der Waals surface area contributed by atoms with Crippen molar-refractivity contribution in [3.05, 3.63) is 99.6 Å². The Kier molecular flexibility index (Phi) is 5.98. The summed E-state index contributed by atoms with van der Waals surface area (Å²) in [5.74, 6) is 1.23. The summed E-state index contributed by atoms with van der Waals surface area (Å²) in [6.45, 7) is 4.96. The van der Waals surface area contributed by atoms with Crippen molar-refractivity contribution in [3.8, 4) is 5.75 Å². The number of hydrogen-bond acceptors (Lipinski definition) is 2. The maximum absolute atomic E-state index is 12.9. The molecule has 1 fully saturated rings. The lowest BCUT2D eigenvalue weighted by molar-refractivity contribution is 0.0662. The van der Waals surface area contributed by atoms with Crippen LogP contribution >= 0.6 is 0 Å². The van der Waals surface area contributed by atoms with Gasteiger partial charge in [-0.15, -0.1) is 0 Å². The molecule has 3 aromatic rings. The van der Waals surface area contributed by atoms with E-state index in [0.29, 0.717) is 11.7 Å². The van der Waals surface area contributed by atoms with E-state index in [4.69, 9.17) is 0 Å². The van der Waals surface area contributed by atoms with Gasteiger partial charge in [-0.05, 0) is 107 Å². The van der Waals surface area contributed by atoms with Gasteiger partial charge in [0.15, 0.2) is 0 Å². The Labute approximate surface area is 208 Å². The first-order valence-corrected chi connectivity index (χ1v) is 13.1. The van der Waals surface area contributed by atoms with Crippen LogP contribution in [0.2, 0.25) is 0 Å². The number of phenols is 1. The third kappa shape index (κ3) is 4.31. The highest BCUT2D eigenvalue weighted by Crippen LogP contribution is 2.42. The SMILES string of the molecule is Cc1ccccc1C1=C(c2ccc3c(c2)CC(CN2CC(CF)C2)C3)c2ccc(O)cc2CCC1. The van der Waals surface area contributed by atoms with Gasteiger partial charge in [0.1, 0.15) is 5.75 Å². The molecule has 2 nitrogen and oxygen atoms in total. The molecule has 180 valence electrons. The van der Waals surface area contributed by atoms with Gasteiger partial charge in [-0.3, -0.25) is 4.39 Å². The van der Waals surface area contributed by atoms with Crippen molar-refractivity contribution in [2.45, 2.75) is 39.0 Å². The monoisotopic (exact) mass is 467 g/mol. The number of aryl methyl sites for hydroxylation is 2. The molecular weight excluding hydrogens is 433 g/mol. The molecule has 1 unspecified atom stereocenters. The van der Waals surface area contributed by atoms with Crippen molar-refractivity contribution in [1.29, 1.82) is 0 Å². The van der Waals surface area contributed by atoms with Crippen LogP contribution in [0.1, 0.15) is 51.8 Å². The Balaban J connectivity index is 1.39. The minimum absolute atomic E-state index is 0.178. The molecule has 2 aliphatic carbocycles. The minimum atomic E-state index is -0.178. The number of phenolic OH excluding ortho intramolecular Hbond substituents is 1. The lowest BCUT2D eigenvalue weighted by Crippen LogP contribution is -2.49. The summed E-state index contributed by atoms with van der Waals surface area (Å²) in [4.78, 5) is 2.43. The Morgan fingerprint density at radius 3 is 2.51 bits per heavy atom. The topological polar surface area (TPSA) is 23.5 Å². The molecule has 1 heterocycles. The average Bonchev–Trinajstić information content (AvgIpc) is 3.14. The van der Waals surface area contributed by atoms with Crippen LogP contribution in [-0.4, -0.2) is 36.3 Å². The zero-order valence-electron chi connectivity index (χ0n) is 20.6. The second-order valence-electron chi connectivity index (χ2n) is 10.9. The van der Waals surface area contributed by atoms with Crippen molar-refractivity contribution < 1.29 is 9.50 Å². The summed E-state index contributed by atoms with van der Waals surface area (Å²) in [6.07, 6.45) is 5.31. The molecule has 1 saturated heterocycles. The number of halogens is 1. The molecule has 6 rings (SSSR count). The zero-order chi connectivity index (χ0) is 23.9. The first kappa shape index (κ1) is 22.5. The number of rotatable bonds is 5. The summed E-state index contributed by atoms with van der Waals surface area (Å²) < 4.78 is 12.9. The van der Waals surface area contributed by atoms with Crippen molar-refractivity contribution in [2.75, 3.05) is 26.3 Å². The Morgan fingerprint density at radius 1 is 0.857 bits per heavy atom. The standard InChI is InChI=1S/C32H34FNO/c1-21-5-2-3-7-29(21)31-8-4-6-25-16-28(35)11-12-30(25)32(31)26-10-9-24-13-22(14-27(24)15-26)18-34-19-23(17-33)20-34/h2-3,5,7,9-12,15-16,22-23,35H,4,6,8,13-14,17-20H2,1H3. The number of alkyl halides is 1. The number of likely N-dealkylation sites (tertiary alicyclic amines) is 1. The van der Waals surface area contributed by atoms with Crippen molar-refractivity contribution in [3.63, 3.8) is 0 Å². The van der Waals surface area contributed by atoms with Crippen molar-refractivity contribution in [1.82, 2.24) is 4.90 Å². The Morgan fingerprint density at radius 2 is 1.69 bits per heavy atom. The average molecular weight is 468 g/mol. The molecule has 3 aliphatic rings. The van der Waals surface area contributed by atoms with Crippen LogP contribution in [-0.2, 0) is 19.3 Å². The lowest BCUT2D eigenvalue weighted by Gasteiger charge is -2.39. The lowest BCUT2D eigenvalue weighted by atomic mass is 9.85. The molecule has 1 aliphatic heterocycles. The van der Waals surface area contributed by atoms with Gasteiger partial charge >= 0.3 is 0 Å². The molecular formula is C32H34FNO. The number of benzene rings is 3. The van der Waals surface area contributed by atoms with Crippen LogP contribution < -0.4 is 0 Å². The van der Waals surface area contributed by atoms with Crippen LogP contribution in [0.4, 0.5) is 4.39 Å². The molecule has 0 radical (unpaired) electrons. The van der Waals surface area contributed by atoms with E-state index >= 15 is 0 Å². The Bertz CT molecular complexity index is 1290. The molecule has 0 saturated carbocycles. The predicted octanol–water partition coefficient (Wildman–Crippen LogP) is 6.61. The van der Waals surface area contributed by atoms with Crippen molar-refractivity contribution >= 4 is 11.1 Å². The van der Waals surface area contributed by atoms with Crippen LogP contribution in [0.3, 0.4) is 0 Å². The quantitative estimate of drug-likeness (QED) is 0.456. The van der Waals surface area contributed by atoms with Crippen LogP contribution in [0.5, 0.6) is 5.75 Å². The fourth-order valence-corrected chi connectivity index (χ4v) is 6.57. The third-order valence-electron chi connectivity index (χ3n) is 8.28. The molecule has 0 spiro atoms. The van der Waals surface area contributed by atoms with Gasteiger partial charge in [-0.25, -0.2) is 0 Å². The van der Waals surface area contributed by atoms with Gasteiger partial charge in [0.05, 0.1) is 6.67 Å². The molecule has 1 N–H and O–H groups in total. The van der Waals surface area contributed by atoms with Gasteiger partial charge in [-0.2, -0.15) is 0 Å². The van der Waals surface area contributed by atoms with E-state index in [9.17, 15) is 9.50 Å². The largest absolute Gasteiger partial charge is 0.508 e. The van der Waals surface area contributed by atoms with E-state index in [-0.39, 0.29) is 12.6 Å². The summed E-state index contributed by atoms with van der Waals surface area (Å²) in [5, 5.41) is 10.2. The van der Waals surface area contributed by atoms with E-state index in [1.807, 2.05) is 12.1 Å². The van der Waals surface area contributed by atoms with E-state index in [1.165, 1.54) is 50.1 Å². The second kappa shape index (κ2) is 9.28. The smallest absolute Gasteiger partial charge is 0.115 e. The highest BCUT2D eigenvalue weighted by molar-refractivity contribution is 6.00. The summed E-state index contributed by atoms with van der Waals surface area (Å²) >= 11 is 0. The zero-order valence-corrected chi connectivity index (χ0v) is 20.6. The molecule has 0 amide bonds. The molecule has 35 heavy (non-hydrogen) atoms. The van der Waals surface area contributed by atoms with E-state index in [2.05, 4.69) is 60.4 Å². The van der Waals surface area contributed by atoms with Crippen molar-refractivity contribution in [2.24, 2.45) is 11.8 Å². The maximum Gasteiger partial charge on any atom is 0.115 e. The maximum atomic E-state index is 12.9. The number of fused-ring (bicyclic) bond motifs is 2. The van der Waals surface area contributed by atoms with Crippen LogP contribution in [0.15, 0.2) is 60.7 Å². The van der Waals surface area contributed by atoms with E-state index in [1.54, 1.807) is 0 Å². The highest BCUT2D eigenvalue weighted by Gasteiger charge is 2.31. The third-order valence-corrected chi connectivity index (χ3v) is 8.28. The van der Waals surface area contributed by atoms with E-state index < -0.39 is 0 Å². The highest BCUT2D eigenvalue weighted by atomic mass is 19.1. The summed E-state index contributed by atoms with van der Waals surface area (Å²) in [5.41, 5.74) is 12.1. The fourth-order valence-electron chi connectivity index (χ4n) is 6.57. The van der Waals surface area contributed by atoms with Gasteiger partial charge < -0.3 is 10.0 Å². The molecule has 0 bridgehead atoms. The van der Waals surface area contributed by atoms with Gasteiger partial charge in [0.2, 0.25) is 0 Å². The summed E-state index contributed by atoms with van der Waals surface area (Å²) in [6, 6.07) is 21.7. The normalized spacial score (nSPS) is 20.3. The molecule has 1 atom stereocenters. The van der Waals surface area contributed by atoms with Gasteiger partial charge in [-0.1, -0.05) is 48.5 Å². The molecule has 3 heteroatoms. The molecule has 0 aromatic heterocycles. The second-order valence-corrected chi connectivity index (χ2v) is 10.9. The number of aromatic hydroxyl groups is 1. The summed E-state index contributed by atoms with van der Waals surface area (Å²) in [7, 11) is 0. The first-order chi connectivity index (χ1) is 17.1. The predicted molar refractivity (Wildman–Crippen MR) is 141 cm³/mol. The molecule has 3 aromatic carbocycles. The Hall–Kier alpha value is -2.91. The number of hydrogen-bond donors (Lipinski definition) is 1. The first-order valence-electron chi connectivity index (χ1n) is 13.1. The van der Waals surface area contributed by atoms with Crippen LogP contribution in [0, 0.1) is 18.8 Å². The van der Waals surface area contributed by atoms with Gasteiger partial charge in [0, 0.05) is 25.6 Å². The minimum Gasteiger partial charge on any atom is -0.508 e.